The van der Waals surface area contributed by atoms with E-state index in [-0.39, 0.29) is 18.2 Å². The third-order valence-electron chi connectivity index (χ3n) is 7.86. The smallest absolute Gasteiger partial charge is 0.323 e. The van der Waals surface area contributed by atoms with E-state index in [1.54, 1.807) is 0 Å². The molecule has 2 aromatic carbocycles. The molecule has 2 unspecified atom stereocenters. The highest BCUT2D eigenvalue weighted by molar-refractivity contribution is 5.99. The fourth-order valence-corrected chi connectivity index (χ4v) is 5.90. The predicted octanol–water partition coefficient (Wildman–Crippen LogP) is 4.43. The largest absolute Gasteiger partial charge is 0.371 e. The van der Waals surface area contributed by atoms with E-state index in [1.807, 2.05) is 60.8 Å². The average Bonchev–Trinajstić information content (AvgIpc) is 3.56. The van der Waals surface area contributed by atoms with E-state index < -0.39 is 0 Å². The van der Waals surface area contributed by atoms with Gasteiger partial charge in [-0.25, -0.2) is 19.4 Å². The number of nitrogens with zero attached hydrogens (tertiary/aromatic N) is 5. The summed E-state index contributed by atoms with van der Waals surface area (Å²) in [5.41, 5.74) is 3.20. The Balaban J connectivity index is 1.20. The van der Waals surface area contributed by atoms with Gasteiger partial charge in [0.1, 0.15) is 5.82 Å². The Kier molecular flexibility index (Phi) is 6.34. The second kappa shape index (κ2) is 10.3. The molecule has 4 aromatic rings. The molecule has 2 aromatic heterocycles. The zero-order valence-electron chi connectivity index (χ0n) is 21.7. The minimum atomic E-state index is -0.290. The van der Waals surface area contributed by atoms with Crippen molar-refractivity contribution in [1.82, 2.24) is 25.1 Å². The Hall–Kier alpha value is -4.02. The maximum absolute atomic E-state index is 12.4. The number of rotatable bonds is 5. The number of morpholine rings is 1. The standard InChI is InChI=1S/C29H32N8O2/c38-29(32-20-4-2-1-3-5-20)33-21-8-6-19(7-9-21)26-34-27(36-17-23-10-11-24(18-36)39-23)25-16-31-37(28(25)35-26)22-12-14-30-15-13-22/h1-9,16,22-24,30H,10-15,17-18H2,(H2,32,33,38). The highest BCUT2D eigenvalue weighted by Gasteiger charge is 2.35. The van der Waals surface area contributed by atoms with Gasteiger partial charge in [-0.2, -0.15) is 5.10 Å². The van der Waals surface area contributed by atoms with Crippen molar-refractivity contribution in [3.63, 3.8) is 0 Å². The number of anilines is 3. The summed E-state index contributed by atoms with van der Waals surface area (Å²) in [5.74, 6) is 1.59. The molecule has 3 aliphatic rings. The first-order valence-electron chi connectivity index (χ1n) is 13.8. The lowest BCUT2D eigenvalue weighted by Gasteiger charge is -2.33. The highest BCUT2D eigenvalue weighted by atomic mass is 16.5. The number of urea groups is 1. The molecule has 10 nitrogen and oxygen atoms in total. The predicted molar refractivity (Wildman–Crippen MR) is 151 cm³/mol. The van der Waals surface area contributed by atoms with Crippen LogP contribution < -0.4 is 20.9 Å². The van der Waals surface area contributed by atoms with E-state index in [2.05, 4.69) is 25.5 Å². The van der Waals surface area contributed by atoms with Gasteiger partial charge in [0, 0.05) is 30.0 Å². The van der Waals surface area contributed by atoms with E-state index in [4.69, 9.17) is 19.8 Å². The summed E-state index contributed by atoms with van der Waals surface area (Å²) in [6.07, 6.45) is 6.70. The number of fused-ring (bicyclic) bond motifs is 3. The molecule has 0 saturated carbocycles. The molecular formula is C29H32N8O2. The van der Waals surface area contributed by atoms with Crippen LogP contribution in [0.3, 0.4) is 0 Å². The molecule has 0 aliphatic carbocycles. The van der Waals surface area contributed by atoms with Crippen LogP contribution in [0.2, 0.25) is 0 Å². The topological polar surface area (TPSA) is 109 Å². The van der Waals surface area contributed by atoms with Crippen LogP contribution in [0.25, 0.3) is 22.4 Å². The maximum Gasteiger partial charge on any atom is 0.323 e. The number of benzene rings is 2. The van der Waals surface area contributed by atoms with Crippen molar-refractivity contribution < 1.29 is 9.53 Å². The van der Waals surface area contributed by atoms with Gasteiger partial charge in [-0.3, -0.25) is 0 Å². The van der Waals surface area contributed by atoms with Crippen molar-refractivity contribution in [2.75, 3.05) is 41.7 Å². The number of aromatic nitrogens is 4. The molecule has 2 atom stereocenters. The molecule has 0 radical (unpaired) electrons. The van der Waals surface area contributed by atoms with Gasteiger partial charge in [0.05, 0.1) is 29.8 Å². The van der Waals surface area contributed by atoms with Gasteiger partial charge in [-0.1, -0.05) is 18.2 Å². The Morgan fingerprint density at radius 2 is 1.56 bits per heavy atom. The minimum Gasteiger partial charge on any atom is -0.371 e. The van der Waals surface area contributed by atoms with Gasteiger partial charge in [0.2, 0.25) is 0 Å². The van der Waals surface area contributed by atoms with Gasteiger partial charge >= 0.3 is 6.03 Å². The van der Waals surface area contributed by atoms with Crippen molar-refractivity contribution >= 4 is 34.3 Å². The fourth-order valence-electron chi connectivity index (χ4n) is 5.90. The normalized spacial score (nSPS) is 21.3. The summed E-state index contributed by atoms with van der Waals surface area (Å²) in [5, 5.41) is 15.0. The van der Waals surface area contributed by atoms with Crippen LogP contribution in [0.4, 0.5) is 22.0 Å². The molecule has 2 amide bonds. The van der Waals surface area contributed by atoms with E-state index in [9.17, 15) is 4.79 Å². The van der Waals surface area contributed by atoms with Gasteiger partial charge < -0.3 is 25.6 Å². The lowest BCUT2D eigenvalue weighted by atomic mass is 10.1. The number of carbonyl (C=O) groups is 1. The molecule has 3 saturated heterocycles. The van der Waals surface area contributed by atoms with E-state index >= 15 is 0 Å². The monoisotopic (exact) mass is 524 g/mol. The molecule has 3 N–H and O–H groups in total. The molecule has 3 fully saturated rings. The van der Waals surface area contributed by atoms with Crippen molar-refractivity contribution in [2.45, 2.75) is 43.9 Å². The lowest BCUT2D eigenvalue weighted by Crippen LogP contribution is -2.43. The number of piperidine rings is 1. The number of carbonyl (C=O) groups excluding carboxylic acids is 1. The molecule has 2 bridgehead atoms. The van der Waals surface area contributed by atoms with Crippen LogP contribution in [0.1, 0.15) is 31.7 Å². The summed E-state index contributed by atoms with van der Waals surface area (Å²) in [7, 11) is 0. The Morgan fingerprint density at radius 3 is 2.28 bits per heavy atom. The van der Waals surface area contributed by atoms with Gasteiger partial charge in [-0.05, 0) is 75.2 Å². The number of nitrogens with one attached hydrogen (secondary N) is 3. The van der Waals surface area contributed by atoms with Crippen LogP contribution in [-0.2, 0) is 4.74 Å². The van der Waals surface area contributed by atoms with Gasteiger partial charge in [0.15, 0.2) is 11.5 Å². The van der Waals surface area contributed by atoms with Crippen LogP contribution in [0.5, 0.6) is 0 Å². The SMILES string of the molecule is O=C(Nc1ccccc1)Nc1ccc(-c2nc(N3CC4CCC(C3)O4)c3cnn(C4CCNCC4)c3n2)cc1. The van der Waals surface area contributed by atoms with Crippen molar-refractivity contribution in [3.8, 4) is 11.4 Å². The molecule has 5 heterocycles. The summed E-state index contributed by atoms with van der Waals surface area (Å²) in [6, 6.07) is 17.1. The number of ether oxygens (including phenoxy) is 1. The Bertz CT molecular complexity index is 1450. The van der Waals surface area contributed by atoms with Crippen molar-refractivity contribution in [3.05, 3.63) is 60.8 Å². The summed E-state index contributed by atoms with van der Waals surface area (Å²) < 4.78 is 8.21. The lowest BCUT2D eigenvalue weighted by molar-refractivity contribution is 0.0303. The second-order valence-corrected chi connectivity index (χ2v) is 10.6. The first-order chi connectivity index (χ1) is 19.2. The van der Waals surface area contributed by atoms with Crippen LogP contribution in [0.15, 0.2) is 60.8 Å². The number of hydrogen-bond acceptors (Lipinski definition) is 7. The Labute approximate surface area is 226 Å². The van der Waals surface area contributed by atoms with Gasteiger partial charge in [-0.15, -0.1) is 0 Å². The zero-order valence-corrected chi connectivity index (χ0v) is 21.7. The Morgan fingerprint density at radius 1 is 0.872 bits per heavy atom. The van der Waals surface area contributed by atoms with Crippen LogP contribution in [-0.4, -0.2) is 64.2 Å². The van der Waals surface area contributed by atoms with Crippen LogP contribution >= 0.6 is 0 Å². The van der Waals surface area contributed by atoms with E-state index in [0.29, 0.717) is 17.6 Å². The summed E-state index contributed by atoms with van der Waals surface area (Å²) in [6.45, 7) is 3.63. The number of hydrogen-bond donors (Lipinski definition) is 3. The van der Waals surface area contributed by atoms with Crippen molar-refractivity contribution in [1.29, 1.82) is 0 Å². The molecule has 3 aliphatic heterocycles. The zero-order chi connectivity index (χ0) is 26.2. The molecule has 0 spiro atoms. The van der Waals surface area contributed by atoms with Gasteiger partial charge in [0.25, 0.3) is 0 Å². The highest BCUT2D eigenvalue weighted by Crippen LogP contribution is 2.35. The summed E-state index contributed by atoms with van der Waals surface area (Å²) >= 11 is 0. The fraction of sp³-hybridized carbons (Fsp3) is 0.379. The molecule has 7 rings (SSSR count). The number of para-hydroxylation sites is 1. The first kappa shape index (κ1) is 24.1. The third kappa shape index (κ3) is 4.93. The van der Waals surface area contributed by atoms with E-state index in [1.165, 1.54) is 0 Å². The average molecular weight is 525 g/mol. The third-order valence-corrected chi connectivity index (χ3v) is 7.86. The van der Waals surface area contributed by atoms with Crippen molar-refractivity contribution in [2.24, 2.45) is 0 Å². The molecule has 10 heteroatoms. The number of amides is 2. The second-order valence-electron chi connectivity index (χ2n) is 10.6. The summed E-state index contributed by atoms with van der Waals surface area (Å²) in [4.78, 5) is 24.9. The van der Waals surface area contributed by atoms with Crippen LogP contribution in [0, 0.1) is 0 Å². The molecule has 200 valence electrons. The quantitative estimate of drug-likeness (QED) is 0.354. The first-order valence-corrected chi connectivity index (χ1v) is 13.8. The molecule has 39 heavy (non-hydrogen) atoms. The molecular weight excluding hydrogens is 492 g/mol. The minimum absolute atomic E-state index is 0.254. The maximum atomic E-state index is 12.4. The van der Waals surface area contributed by atoms with E-state index in [0.717, 1.165) is 80.0 Å².